The number of nitrogens with two attached hydrogens (primary N) is 1. The Labute approximate surface area is 798 Å². The van der Waals surface area contributed by atoms with Gasteiger partial charge in [-0.05, 0) is 167 Å². The summed E-state index contributed by atoms with van der Waals surface area (Å²) in [5, 5.41) is 62.7. The number of fused-ring (bicyclic) bond motifs is 7. The first-order chi connectivity index (χ1) is 67.5. The molecule has 0 saturated heterocycles. The highest BCUT2D eigenvalue weighted by molar-refractivity contribution is 9.10. The van der Waals surface area contributed by atoms with E-state index in [2.05, 4.69) is 309 Å². The Kier molecular flexibility index (Phi) is 28.7. The number of Topliss-reactive ketones (excluding diaryl/α,β-unsaturated/α-hetero) is 1. The zero-order valence-electron chi connectivity index (χ0n) is 74.6. The summed E-state index contributed by atoms with van der Waals surface area (Å²) in [6.45, 7) is 9.35. The first-order valence-corrected chi connectivity index (χ1v) is 45.6. The Morgan fingerprint density at radius 3 is 0.986 bits per heavy atom. The third kappa shape index (κ3) is 24.0. The van der Waals surface area contributed by atoms with Gasteiger partial charge in [0.05, 0.1) is 52.0 Å². The van der Waals surface area contributed by atoms with E-state index in [-0.39, 0.29) is 66.5 Å². The third-order valence-electron chi connectivity index (χ3n) is 23.9. The summed E-state index contributed by atoms with van der Waals surface area (Å²) in [5.74, 6) is 4.01. The number of nitrogens with one attached hydrogen (secondary N) is 7. The monoisotopic (exact) mass is 1910 g/mol. The number of amides is 1. The number of aromatic amines is 1. The molecule has 7 aliphatic rings. The Hall–Kier alpha value is -17.0. The van der Waals surface area contributed by atoms with Crippen molar-refractivity contribution in [3.05, 3.63) is 337 Å². The lowest BCUT2D eigenvalue weighted by Crippen LogP contribution is -2.37. The normalized spacial score (nSPS) is 14.4. The number of amidine groups is 1. The molecule has 0 saturated carbocycles. The summed E-state index contributed by atoms with van der Waals surface area (Å²) in [5.41, 5.74) is 26.6. The summed E-state index contributed by atoms with van der Waals surface area (Å²) >= 11 is 3.33. The number of carbonyl (C=O) groups is 3. The van der Waals surface area contributed by atoms with E-state index in [0.717, 1.165) is 92.9 Å². The lowest BCUT2D eigenvalue weighted by Gasteiger charge is -2.24. The zero-order valence-corrected chi connectivity index (χ0v) is 76.1. The summed E-state index contributed by atoms with van der Waals surface area (Å²) in [7, 11) is 0. The molecule has 0 spiro atoms. The van der Waals surface area contributed by atoms with Gasteiger partial charge in [0, 0.05) is 124 Å². The van der Waals surface area contributed by atoms with Gasteiger partial charge in [-0.3, -0.25) is 14.4 Å². The number of carbonyl (C=O) groups excluding carboxylic acids is 2. The number of aromatic nitrogens is 21. The SMILES string of the molecule is Brc1cnc(NC2Cc3ccccc3C2)nc1.CC(=O)Cc1nc(-c2cnc(NC3Cc4ccccc4C3)nc2)no1.N/C(=N\O)c1cnc(NC2Cc3ccccc3C2)nc1.O=C(Cc1nc(-c2cnc(NC3Cc4ccccc4C3)nc2)no1)N1CCc2n[nH]nc2C1.O=C(O)Cc1nc(-c2cnc(NC3Cc4ccccc4C3)nc2)no1.[C-]#[N+]c1cnc(NC2Cc3ccccc3C2)nc1. The van der Waals surface area contributed by atoms with Crippen molar-refractivity contribution in [1.29, 1.82) is 0 Å². The minimum Gasteiger partial charge on any atom is -0.481 e. The lowest BCUT2D eigenvalue weighted by atomic mass is 10.1. The topological polar surface area (TPSA) is 523 Å². The van der Waals surface area contributed by atoms with Crippen molar-refractivity contribution in [2.75, 3.05) is 38.4 Å². The lowest BCUT2D eigenvalue weighted by molar-refractivity contribution is -0.136. The van der Waals surface area contributed by atoms with Crippen molar-refractivity contribution in [3.63, 3.8) is 0 Å². The number of hydrogen-bond acceptors (Lipinski definition) is 34. The Morgan fingerprint density at radius 1 is 0.420 bits per heavy atom. The predicted molar refractivity (Wildman–Crippen MR) is 511 cm³/mol. The molecular weight excluding hydrogens is 1820 g/mol. The van der Waals surface area contributed by atoms with E-state index in [4.69, 9.17) is 36.2 Å². The molecular formula is C98H92BrN31O8. The fourth-order valence-corrected chi connectivity index (χ4v) is 17.5. The fourth-order valence-electron chi connectivity index (χ4n) is 17.3. The molecule has 0 atom stereocenters. The van der Waals surface area contributed by atoms with Crippen molar-refractivity contribution < 1.29 is 38.3 Å². The molecule has 694 valence electrons. The van der Waals surface area contributed by atoms with Gasteiger partial charge < -0.3 is 66.4 Å². The van der Waals surface area contributed by atoms with Gasteiger partial charge in [-0.2, -0.15) is 30.4 Å². The highest BCUT2D eigenvalue weighted by Gasteiger charge is 2.31. The van der Waals surface area contributed by atoms with Crippen LogP contribution in [0.2, 0.25) is 0 Å². The van der Waals surface area contributed by atoms with Gasteiger partial charge in [0.2, 0.25) is 82.4 Å². The molecule has 39 nitrogen and oxygen atoms in total. The van der Waals surface area contributed by atoms with Crippen LogP contribution >= 0.6 is 15.9 Å². The number of H-pyrrole nitrogens is 1. The number of halogens is 1. The maximum absolute atomic E-state index is 12.6. The molecule has 1 aliphatic heterocycles. The second kappa shape index (κ2) is 43.4. The summed E-state index contributed by atoms with van der Waals surface area (Å²) < 4.78 is 16.1. The van der Waals surface area contributed by atoms with Gasteiger partial charge in [-0.15, -0.1) is 0 Å². The number of nitrogens with zero attached hydrogens (tertiary/aromatic N) is 23. The second-order valence-electron chi connectivity index (χ2n) is 33.8. The Bertz CT molecular complexity index is 6680. The van der Waals surface area contributed by atoms with Crippen LogP contribution < -0.4 is 37.6 Å². The van der Waals surface area contributed by atoms with E-state index in [1.54, 1.807) is 66.9 Å². The van der Waals surface area contributed by atoms with Crippen molar-refractivity contribution >= 4 is 80.8 Å². The van der Waals surface area contributed by atoms with Crippen molar-refractivity contribution in [2.45, 2.75) is 152 Å². The number of oxime groups is 1. The fraction of sp³-hybridized carbons (Fsp3) is 0.255. The number of carboxylic acid groups (broad SMARTS) is 1. The van der Waals surface area contributed by atoms with Crippen LogP contribution in [0.5, 0.6) is 0 Å². The van der Waals surface area contributed by atoms with E-state index >= 15 is 0 Å². The minimum absolute atomic E-state index is 0.00446. The van der Waals surface area contributed by atoms with Crippen LogP contribution in [0.15, 0.2) is 243 Å². The Balaban J connectivity index is 0.000000112. The quantitative estimate of drug-likeness (QED) is 0.00990. The minimum atomic E-state index is -1.02. The molecule has 6 aliphatic carbocycles. The average molecular weight is 1910 g/mol. The van der Waals surface area contributed by atoms with Crippen LogP contribution in [0.1, 0.15) is 108 Å². The third-order valence-corrected chi connectivity index (χ3v) is 24.3. The van der Waals surface area contributed by atoms with Crippen LogP contribution in [0.25, 0.3) is 39.0 Å². The van der Waals surface area contributed by atoms with Crippen molar-refractivity contribution in [3.8, 4) is 34.2 Å². The zero-order chi connectivity index (χ0) is 94.6. The molecule has 0 fully saturated rings. The number of aliphatic carboxylic acids is 1. The van der Waals surface area contributed by atoms with E-state index in [1.807, 2.05) is 0 Å². The predicted octanol–water partition coefficient (Wildman–Crippen LogP) is 11.9. The van der Waals surface area contributed by atoms with E-state index in [0.29, 0.717) is 125 Å². The number of rotatable bonds is 22. The molecule has 1 amide bonds. The molecule has 23 rings (SSSR count). The van der Waals surface area contributed by atoms with Crippen molar-refractivity contribution in [2.24, 2.45) is 10.9 Å². The van der Waals surface area contributed by atoms with E-state index < -0.39 is 5.97 Å². The molecule has 0 bridgehead atoms. The van der Waals surface area contributed by atoms with E-state index in [1.165, 1.54) is 86.1 Å². The molecule has 16 aromatic rings. The molecule has 11 heterocycles. The standard InChI is InChI=1S/C22H21N9O2.C18H17N5O2.C17H15N5O3.C14H15N5O.C14H12N4.C13H12BrN3/c32-20(31-6-5-17-18(12-31)28-30-27-17)9-19-26-21(29-33-19)15-10-23-22(24-11-15)25-16-7-13-3-1-2-4-14(13)8-16;1-11(24)6-16-22-17(23-25-16)14-9-19-18(20-10-14)21-15-7-12-4-2-3-5-13(12)8-15;23-15(24)7-14-21-16(22-25-14)12-8-18-17(19-9-12)20-13-5-10-3-1-2-4-11(10)6-13;15-13(19-20)11-7-16-14(17-8-11)18-12-5-9-3-1-2-4-10(9)6-12;1-15-13-8-16-14(17-9-13)18-12-6-10-4-2-3-5-11(10)7-12;14-11-7-15-13(16-8-11)17-12-5-9-3-1-2-4-10(9)6-12/h1-4,10-11,16H,5-9,12H2,(H,23,24,25)(H,27,28,30);2-5,9-10,15H,6-8H2,1H3,(H,19,20,21);1-4,8-9,13H,5-7H2,(H,23,24)(H,18,19,20);1-4,7-8,12,20H,5-6H2,(H2,15,19)(H,16,17,18);2-5,8-9,12H,6-7H2,(H,16,17,18);1-4,7-8,12H,5-6H2,(H,15,16,17). The van der Waals surface area contributed by atoms with Gasteiger partial charge in [0.1, 0.15) is 24.3 Å². The Morgan fingerprint density at radius 2 is 0.696 bits per heavy atom. The van der Waals surface area contributed by atoms with Crippen LogP contribution in [0.4, 0.5) is 41.4 Å². The van der Waals surface area contributed by atoms with Gasteiger partial charge in [0.25, 0.3) is 0 Å². The maximum atomic E-state index is 12.6. The molecule has 6 aromatic carbocycles. The first kappa shape index (κ1) is 91.5. The second-order valence-corrected chi connectivity index (χ2v) is 34.7. The van der Waals surface area contributed by atoms with Gasteiger partial charge >= 0.3 is 5.97 Å². The van der Waals surface area contributed by atoms with Crippen LogP contribution in [-0.4, -0.2) is 187 Å². The van der Waals surface area contributed by atoms with E-state index in [9.17, 15) is 14.4 Å². The van der Waals surface area contributed by atoms with Crippen LogP contribution in [-0.2, 0) is 124 Å². The van der Waals surface area contributed by atoms with Crippen LogP contribution in [0.3, 0.4) is 0 Å². The summed E-state index contributed by atoms with van der Waals surface area (Å²) in [4.78, 5) is 103. The highest BCUT2D eigenvalue weighted by Crippen LogP contribution is 2.32. The maximum Gasteiger partial charge on any atom is 0.312 e. The molecule has 0 unspecified atom stereocenters. The number of anilines is 6. The van der Waals surface area contributed by atoms with Crippen molar-refractivity contribution in [1.82, 2.24) is 111 Å². The average Bonchev–Trinajstić information content (AvgIpc) is 1.68. The first-order valence-electron chi connectivity index (χ1n) is 44.8. The van der Waals surface area contributed by atoms with Crippen LogP contribution in [0, 0.1) is 6.57 Å². The molecule has 0 radical (unpaired) electrons. The molecule has 138 heavy (non-hydrogen) atoms. The van der Waals surface area contributed by atoms with Gasteiger partial charge in [-0.1, -0.05) is 166 Å². The van der Waals surface area contributed by atoms with Gasteiger partial charge in [-0.25, -0.2) is 64.7 Å². The molecule has 10 aromatic heterocycles. The van der Waals surface area contributed by atoms with Gasteiger partial charge in [0.15, 0.2) is 5.84 Å². The summed E-state index contributed by atoms with van der Waals surface area (Å²) in [6.07, 6.45) is 31.8. The summed E-state index contributed by atoms with van der Waals surface area (Å²) in [6, 6.07) is 52.7. The number of hydrogen-bond donors (Lipinski definition) is 10. The number of carboxylic acids is 1. The highest BCUT2D eigenvalue weighted by atomic mass is 79.9. The number of benzene rings is 6. The largest absolute Gasteiger partial charge is 0.481 e. The molecule has 11 N–H and O–H groups in total. The molecule has 40 heteroatoms. The number of ketones is 1. The smallest absolute Gasteiger partial charge is 0.312 e.